The lowest BCUT2D eigenvalue weighted by Gasteiger charge is -2.09. The van der Waals surface area contributed by atoms with Gasteiger partial charge in [-0.3, -0.25) is 0 Å². The van der Waals surface area contributed by atoms with Gasteiger partial charge in [0.15, 0.2) is 0 Å². The first-order chi connectivity index (χ1) is 7.18. The minimum absolute atomic E-state index is 0.837. The topological polar surface area (TPSA) is 26.0 Å². The second-order valence-electron chi connectivity index (χ2n) is 3.91. The summed E-state index contributed by atoms with van der Waals surface area (Å²) in [5, 5.41) is 0. The average molecular weight is 197 g/mol. The first-order valence-corrected chi connectivity index (χ1v) is 5.10. The van der Waals surface area contributed by atoms with Crippen LogP contribution in [0.1, 0.15) is 11.1 Å². The third kappa shape index (κ3) is 1.86. The zero-order chi connectivity index (χ0) is 10.8. The molecule has 0 aliphatic heterocycles. The highest BCUT2D eigenvalue weighted by atomic mass is 14.6. The molecule has 0 unspecified atom stereocenters. The molecule has 2 rings (SSSR count). The molecule has 0 saturated heterocycles. The fraction of sp³-hybridized carbons (Fsp3) is 0.143. The fourth-order valence-corrected chi connectivity index (χ4v) is 1.86. The van der Waals surface area contributed by atoms with Gasteiger partial charge in [-0.1, -0.05) is 42.0 Å². The van der Waals surface area contributed by atoms with E-state index in [4.69, 9.17) is 5.73 Å². The summed E-state index contributed by atoms with van der Waals surface area (Å²) in [6, 6.07) is 14.4. The molecule has 1 heteroatoms. The van der Waals surface area contributed by atoms with Gasteiger partial charge in [-0.2, -0.15) is 0 Å². The van der Waals surface area contributed by atoms with Crippen molar-refractivity contribution in [2.45, 2.75) is 13.8 Å². The summed E-state index contributed by atoms with van der Waals surface area (Å²) in [5.74, 6) is 0. The van der Waals surface area contributed by atoms with E-state index in [1.807, 2.05) is 18.2 Å². The van der Waals surface area contributed by atoms with E-state index < -0.39 is 0 Å². The van der Waals surface area contributed by atoms with Gasteiger partial charge in [0.25, 0.3) is 0 Å². The van der Waals surface area contributed by atoms with Crippen LogP contribution in [0.25, 0.3) is 11.1 Å². The van der Waals surface area contributed by atoms with E-state index in [9.17, 15) is 0 Å². The molecule has 0 heterocycles. The Kier molecular flexibility index (Phi) is 2.46. The standard InChI is InChI=1S/C14H15N/c1-10-7-8-12(11(2)9-10)13-5-3-4-6-14(13)15/h3-9H,15H2,1-2H3. The maximum absolute atomic E-state index is 5.96. The van der Waals surface area contributed by atoms with Crippen LogP contribution in [-0.2, 0) is 0 Å². The van der Waals surface area contributed by atoms with Crippen LogP contribution >= 0.6 is 0 Å². The molecule has 0 amide bonds. The van der Waals surface area contributed by atoms with E-state index in [0.717, 1.165) is 11.3 Å². The molecule has 2 aromatic carbocycles. The van der Waals surface area contributed by atoms with E-state index >= 15 is 0 Å². The molecule has 0 fully saturated rings. The van der Waals surface area contributed by atoms with Gasteiger partial charge in [0.1, 0.15) is 0 Å². The number of nitrogens with two attached hydrogens (primary N) is 1. The Morgan fingerprint density at radius 1 is 0.867 bits per heavy atom. The van der Waals surface area contributed by atoms with Crippen LogP contribution in [0, 0.1) is 13.8 Å². The lowest BCUT2D eigenvalue weighted by Crippen LogP contribution is -1.91. The average Bonchev–Trinajstić information content (AvgIpc) is 2.20. The van der Waals surface area contributed by atoms with Crippen molar-refractivity contribution in [3.05, 3.63) is 53.6 Å². The second-order valence-corrected chi connectivity index (χ2v) is 3.91. The molecular weight excluding hydrogens is 182 g/mol. The lowest BCUT2D eigenvalue weighted by molar-refractivity contribution is 1.38. The van der Waals surface area contributed by atoms with Crippen molar-refractivity contribution in [1.82, 2.24) is 0 Å². The third-order valence-electron chi connectivity index (χ3n) is 2.63. The maximum Gasteiger partial charge on any atom is 0.0393 e. The van der Waals surface area contributed by atoms with E-state index in [1.54, 1.807) is 0 Å². The summed E-state index contributed by atoms with van der Waals surface area (Å²) in [6.45, 7) is 4.22. The van der Waals surface area contributed by atoms with Crippen LogP contribution in [0.2, 0.25) is 0 Å². The predicted octanol–water partition coefficient (Wildman–Crippen LogP) is 3.55. The molecule has 1 nitrogen and oxygen atoms in total. The maximum atomic E-state index is 5.96. The van der Waals surface area contributed by atoms with E-state index in [-0.39, 0.29) is 0 Å². The molecule has 2 N–H and O–H groups in total. The van der Waals surface area contributed by atoms with Crippen molar-refractivity contribution >= 4 is 5.69 Å². The van der Waals surface area contributed by atoms with Gasteiger partial charge in [0, 0.05) is 11.3 Å². The van der Waals surface area contributed by atoms with Crippen LogP contribution in [0.15, 0.2) is 42.5 Å². The highest BCUT2D eigenvalue weighted by Gasteiger charge is 2.04. The molecule has 76 valence electrons. The molecule has 2 aromatic rings. The number of nitrogen functional groups attached to an aromatic ring is 1. The fourth-order valence-electron chi connectivity index (χ4n) is 1.86. The van der Waals surface area contributed by atoms with Gasteiger partial charge in [-0.15, -0.1) is 0 Å². The molecular formula is C14H15N. The molecule has 0 radical (unpaired) electrons. The highest BCUT2D eigenvalue weighted by Crippen LogP contribution is 2.28. The van der Waals surface area contributed by atoms with Gasteiger partial charge in [0.2, 0.25) is 0 Å². The third-order valence-corrected chi connectivity index (χ3v) is 2.63. The number of aryl methyl sites for hydroxylation is 2. The predicted molar refractivity (Wildman–Crippen MR) is 65.8 cm³/mol. The van der Waals surface area contributed by atoms with E-state index in [0.29, 0.717) is 0 Å². The van der Waals surface area contributed by atoms with Gasteiger partial charge in [0.05, 0.1) is 0 Å². The molecule has 0 bridgehead atoms. The van der Waals surface area contributed by atoms with Gasteiger partial charge in [-0.25, -0.2) is 0 Å². The zero-order valence-corrected chi connectivity index (χ0v) is 9.12. The molecule has 0 atom stereocenters. The molecule has 0 aliphatic rings. The summed E-state index contributed by atoms with van der Waals surface area (Å²) in [6.07, 6.45) is 0. The second kappa shape index (κ2) is 3.77. The zero-order valence-electron chi connectivity index (χ0n) is 9.12. The summed E-state index contributed by atoms with van der Waals surface area (Å²) >= 11 is 0. The van der Waals surface area contributed by atoms with Crippen molar-refractivity contribution in [2.75, 3.05) is 5.73 Å². The van der Waals surface area contributed by atoms with Crippen molar-refractivity contribution in [2.24, 2.45) is 0 Å². The van der Waals surface area contributed by atoms with Crippen molar-refractivity contribution < 1.29 is 0 Å². The highest BCUT2D eigenvalue weighted by molar-refractivity contribution is 5.78. The van der Waals surface area contributed by atoms with Gasteiger partial charge >= 0.3 is 0 Å². The first-order valence-electron chi connectivity index (χ1n) is 5.10. The smallest absolute Gasteiger partial charge is 0.0393 e. The number of hydrogen-bond acceptors (Lipinski definition) is 1. The quantitative estimate of drug-likeness (QED) is 0.695. The molecule has 0 aliphatic carbocycles. The summed E-state index contributed by atoms with van der Waals surface area (Å²) in [7, 11) is 0. The van der Waals surface area contributed by atoms with Crippen molar-refractivity contribution in [3.63, 3.8) is 0 Å². The van der Waals surface area contributed by atoms with E-state index in [2.05, 4.69) is 38.1 Å². The minimum atomic E-state index is 0.837. The lowest BCUT2D eigenvalue weighted by atomic mass is 9.98. The van der Waals surface area contributed by atoms with Crippen LogP contribution in [-0.4, -0.2) is 0 Å². The van der Waals surface area contributed by atoms with Crippen LogP contribution in [0.5, 0.6) is 0 Å². The largest absolute Gasteiger partial charge is 0.398 e. The normalized spacial score (nSPS) is 10.3. The number of rotatable bonds is 1. The minimum Gasteiger partial charge on any atom is -0.398 e. The van der Waals surface area contributed by atoms with Gasteiger partial charge in [-0.05, 0) is 31.0 Å². The Labute approximate surface area is 90.6 Å². The van der Waals surface area contributed by atoms with E-state index in [1.165, 1.54) is 16.7 Å². The molecule has 0 saturated carbocycles. The summed E-state index contributed by atoms with van der Waals surface area (Å²) < 4.78 is 0. The Bertz CT molecular complexity index is 486. The Morgan fingerprint density at radius 2 is 1.60 bits per heavy atom. The number of hydrogen-bond donors (Lipinski definition) is 1. The number of para-hydroxylation sites is 1. The Hall–Kier alpha value is -1.76. The Balaban J connectivity index is 2.60. The van der Waals surface area contributed by atoms with Crippen LogP contribution in [0.4, 0.5) is 5.69 Å². The Morgan fingerprint density at radius 3 is 2.27 bits per heavy atom. The number of anilines is 1. The van der Waals surface area contributed by atoms with Crippen molar-refractivity contribution in [1.29, 1.82) is 0 Å². The van der Waals surface area contributed by atoms with Gasteiger partial charge < -0.3 is 5.73 Å². The molecule has 0 spiro atoms. The van der Waals surface area contributed by atoms with Crippen LogP contribution in [0.3, 0.4) is 0 Å². The first kappa shape index (κ1) is 9.78. The summed E-state index contributed by atoms with van der Waals surface area (Å²) in [5.41, 5.74) is 11.7. The molecule has 0 aromatic heterocycles. The van der Waals surface area contributed by atoms with Crippen molar-refractivity contribution in [3.8, 4) is 11.1 Å². The number of benzene rings is 2. The van der Waals surface area contributed by atoms with Crippen LogP contribution < -0.4 is 5.73 Å². The summed E-state index contributed by atoms with van der Waals surface area (Å²) in [4.78, 5) is 0. The SMILES string of the molecule is Cc1ccc(-c2ccccc2N)c(C)c1. The molecule has 15 heavy (non-hydrogen) atoms. The monoisotopic (exact) mass is 197 g/mol.